The zero-order valence-electron chi connectivity index (χ0n) is 10.6. The normalized spacial score (nSPS) is 12.4. The molecule has 0 unspecified atom stereocenters. The van der Waals surface area contributed by atoms with Crippen LogP contribution >= 0.6 is 15.9 Å². The van der Waals surface area contributed by atoms with Gasteiger partial charge in [-0.25, -0.2) is 0 Å². The number of carbonyl (C=O) groups excluding carboxylic acids is 1. The van der Waals surface area contributed by atoms with E-state index in [1.54, 1.807) is 0 Å². The first-order chi connectivity index (χ1) is 8.58. The van der Waals surface area contributed by atoms with Gasteiger partial charge in [-0.15, -0.1) is 0 Å². The molecule has 1 aromatic carbocycles. The summed E-state index contributed by atoms with van der Waals surface area (Å²) in [6.07, 6.45) is -4.49. The molecule has 3 nitrogen and oxygen atoms in total. The van der Waals surface area contributed by atoms with Gasteiger partial charge in [0.15, 0.2) is 0 Å². The summed E-state index contributed by atoms with van der Waals surface area (Å²) in [6.45, 7) is 3.04. The van der Waals surface area contributed by atoms with E-state index in [4.69, 9.17) is 4.74 Å². The van der Waals surface area contributed by atoms with Gasteiger partial charge in [-0.1, -0.05) is 15.9 Å². The van der Waals surface area contributed by atoms with E-state index in [-0.39, 0.29) is 10.2 Å². The number of hydrogen-bond acceptors (Lipinski definition) is 2. The number of anilines is 1. The van der Waals surface area contributed by atoms with E-state index in [0.717, 1.165) is 6.07 Å². The van der Waals surface area contributed by atoms with E-state index in [0.29, 0.717) is 0 Å². The Balaban J connectivity index is 3.02. The Bertz CT molecular complexity index is 486. The monoisotopic (exact) mass is 339 g/mol. The van der Waals surface area contributed by atoms with Gasteiger partial charge < -0.3 is 10.1 Å². The van der Waals surface area contributed by atoms with Crippen LogP contribution in [0.2, 0.25) is 0 Å². The van der Waals surface area contributed by atoms with Crippen molar-refractivity contribution in [3.05, 3.63) is 28.2 Å². The molecule has 0 atom stereocenters. The maximum atomic E-state index is 12.7. The lowest BCUT2D eigenvalue weighted by Gasteiger charge is -2.22. The molecule has 7 heteroatoms. The lowest BCUT2D eigenvalue weighted by Crippen LogP contribution is -2.38. The van der Waals surface area contributed by atoms with Crippen molar-refractivity contribution in [2.24, 2.45) is 0 Å². The standard InChI is InChI=1S/C12H13BrF3NO2/c1-11(2,19-3)10(18)17-7-4-5-9(13)8(6-7)12(14,15)16/h4-6H,1-3H3,(H,17,18). The highest BCUT2D eigenvalue weighted by Gasteiger charge is 2.34. The third kappa shape index (κ3) is 3.94. The van der Waals surface area contributed by atoms with Gasteiger partial charge in [0.2, 0.25) is 0 Å². The Morgan fingerprint density at radius 1 is 1.32 bits per heavy atom. The fourth-order valence-electron chi connectivity index (χ4n) is 1.19. The van der Waals surface area contributed by atoms with Gasteiger partial charge in [-0.2, -0.15) is 13.2 Å². The van der Waals surface area contributed by atoms with Crippen LogP contribution in [0, 0.1) is 0 Å². The van der Waals surface area contributed by atoms with Crippen LogP contribution < -0.4 is 5.32 Å². The van der Waals surface area contributed by atoms with Crippen molar-refractivity contribution in [3.63, 3.8) is 0 Å². The SMILES string of the molecule is COC(C)(C)C(=O)Nc1ccc(Br)c(C(F)(F)F)c1. The molecule has 0 bridgehead atoms. The second-order valence-electron chi connectivity index (χ2n) is 4.36. The van der Waals surface area contributed by atoms with Crippen LogP contribution in [0.1, 0.15) is 19.4 Å². The molecule has 0 aliphatic rings. The minimum absolute atomic E-state index is 0.0608. The predicted molar refractivity (Wildman–Crippen MR) is 68.9 cm³/mol. The first kappa shape index (κ1) is 16.0. The summed E-state index contributed by atoms with van der Waals surface area (Å²) in [5, 5.41) is 2.39. The molecule has 106 valence electrons. The van der Waals surface area contributed by atoms with Crippen molar-refractivity contribution >= 4 is 27.5 Å². The minimum Gasteiger partial charge on any atom is -0.369 e. The van der Waals surface area contributed by atoms with Crippen molar-refractivity contribution in [2.45, 2.75) is 25.6 Å². The molecular weight excluding hydrogens is 327 g/mol. The smallest absolute Gasteiger partial charge is 0.369 e. The van der Waals surface area contributed by atoms with Gasteiger partial charge in [-0.05, 0) is 32.0 Å². The zero-order chi connectivity index (χ0) is 14.8. The summed E-state index contributed by atoms with van der Waals surface area (Å²) in [6, 6.07) is 3.48. The highest BCUT2D eigenvalue weighted by atomic mass is 79.9. The first-order valence-corrected chi connectivity index (χ1v) is 6.10. The largest absolute Gasteiger partial charge is 0.417 e. The van der Waals surface area contributed by atoms with Crippen molar-refractivity contribution in [3.8, 4) is 0 Å². The molecule has 0 heterocycles. The maximum absolute atomic E-state index is 12.7. The third-order valence-electron chi connectivity index (χ3n) is 2.59. The van der Waals surface area contributed by atoms with E-state index in [9.17, 15) is 18.0 Å². The first-order valence-electron chi connectivity index (χ1n) is 5.31. The second kappa shape index (κ2) is 5.50. The number of nitrogens with one attached hydrogen (secondary N) is 1. The van der Waals surface area contributed by atoms with Crippen LogP contribution in [0.5, 0.6) is 0 Å². The van der Waals surface area contributed by atoms with Gasteiger partial charge in [0, 0.05) is 17.3 Å². The minimum atomic E-state index is -4.49. The van der Waals surface area contributed by atoms with Crippen LogP contribution in [0.15, 0.2) is 22.7 Å². The van der Waals surface area contributed by atoms with Gasteiger partial charge in [-0.3, -0.25) is 4.79 Å². The average Bonchev–Trinajstić information content (AvgIpc) is 2.30. The fourth-order valence-corrected chi connectivity index (χ4v) is 1.67. The molecule has 0 aromatic heterocycles. The summed E-state index contributed by atoms with van der Waals surface area (Å²) >= 11 is 2.83. The maximum Gasteiger partial charge on any atom is 0.417 e. The van der Waals surface area contributed by atoms with E-state index in [1.807, 2.05) is 0 Å². The Labute approximate surface area is 117 Å². The zero-order valence-corrected chi connectivity index (χ0v) is 12.1. The highest BCUT2D eigenvalue weighted by molar-refractivity contribution is 9.10. The predicted octanol–water partition coefficient (Wildman–Crippen LogP) is 3.83. The van der Waals surface area contributed by atoms with E-state index in [2.05, 4.69) is 21.2 Å². The molecule has 0 aliphatic carbocycles. The second-order valence-corrected chi connectivity index (χ2v) is 5.22. The van der Waals surface area contributed by atoms with Gasteiger partial charge in [0.05, 0.1) is 5.56 Å². The van der Waals surface area contributed by atoms with Crippen LogP contribution in [-0.2, 0) is 15.7 Å². The molecule has 0 spiro atoms. The van der Waals surface area contributed by atoms with Crippen molar-refractivity contribution in [1.29, 1.82) is 0 Å². The lowest BCUT2D eigenvalue weighted by molar-refractivity contribution is -0.138. The van der Waals surface area contributed by atoms with Gasteiger partial charge >= 0.3 is 6.18 Å². The molecule has 0 saturated carbocycles. The van der Waals surface area contributed by atoms with Crippen LogP contribution in [-0.4, -0.2) is 18.6 Å². The molecule has 0 radical (unpaired) electrons. The molecule has 1 N–H and O–H groups in total. The number of alkyl halides is 3. The van der Waals surface area contributed by atoms with Crippen LogP contribution in [0.25, 0.3) is 0 Å². The molecule has 1 amide bonds. The molecule has 0 aliphatic heterocycles. The lowest BCUT2D eigenvalue weighted by atomic mass is 10.1. The van der Waals surface area contributed by atoms with Crippen molar-refractivity contribution < 1.29 is 22.7 Å². The van der Waals surface area contributed by atoms with Gasteiger partial charge in [0.1, 0.15) is 5.60 Å². The summed E-state index contributed by atoms with van der Waals surface area (Å²) in [5.41, 5.74) is -1.91. The Morgan fingerprint density at radius 3 is 2.37 bits per heavy atom. The molecule has 19 heavy (non-hydrogen) atoms. The van der Waals surface area contributed by atoms with E-state index < -0.39 is 23.2 Å². The molecule has 1 rings (SSSR count). The molecule has 0 saturated heterocycles. The Kier molecular flexibility index (Phi) is 4.63. The van der Waals surface area contributed by atoms with Crippen molar-refractivity contribution in [2.75, 3.05) is 12.4 Å². The van der Waals surface area contributed by atoms with E-state index in [1.165, 1.54) is 33.1 Å². The number of carbonyl (C=O) groups is 1. The van der Waals surface area contributed by atoms with Gasteiger partial charge in [0.25, 0.3) is 5.91 Å². The van der Waals surface area contributed by atoms with Crippen LogP contribution in [0.3, 0.4) is 0 Å². The number of ether oxygens (including phenoxy) is 1. The quantitative estimate of drug-likeness (QED) is 0.908. The fraction of sp³-hybridized carbons (Fsp3) is 0.417. The van der Waals surface area contributed by atoms with Crippen LogP contribution in [0.4, 0.5) is 18.9 Å². The highest BCUT2D eigenvalue weighted by Crippen LogP contribution is 2.36. The number of benzene rings is 1. The third-order valence-corrected chi connectivity index (χ3v) is 3.28. The number of methoxy groups -OCH3 is 1. The molecule has 1 aromatic rings. The summed E-state index contributed by atoms with van der Waals surface area (Å²) in [7, 11) is 1.35. The Hall–Kier alpha value is -1.08. The van der Waals surface area contributed by atoms with Crippen molar-refractivity contribution in [1.82, 2.24) is 0 Å². The Morgan fingerprint density at radius 2 is 1.89 bits per heavy atom. The summed E-state index contributed by atoms with van der Waals surface area (Å²) in [4.78, 5) is 11.8. The summed E-state index contributed by atoms with van der Waals surface area (Å²) in [5.74, 6) is -0.523. The number of hydrogen-bond donors (Lipinski definition) is 1. The molecular formula is C12H13BrF3NO2. The average molecular weight is 340 g/mol. The topological polar surface area (TPSA) is 38.3 Å². The molecule has 0 fully saturated rings. The summed E-state index contributed by atoms with van der Waals surface area (Å²) < 4.78 is 43.0. The number of halogens is 4. The number of amides is 1. The van der Waals surface area contributed by atoms with E-state index >= 15 is 0 Å². The number of rotatable bonds is 3.